The minimum Gasteiger partial charge on any atom is -0.327 e. The van der Waals surface area contributed by atoms with Crippen LogP contribution in [0.15, 0.2) is 0 Å². The first kappa shape index (κ1) is 9.16. The number of hydrogen-bond acceptors (Lipinski definition) is 3. The maximum Gasteiger partial charge on any atom is 0.137 e. The molecule has 2 aliphatic rings. The monoisotopic (exact) mass is 182 g/mol. The smallest absolute Gasteiger partial charge is 0.137 e. The van der Waals surface area contributed by atoms with E-state index < -0.39 is 0 Å². The highest BCUT2D eigenvalue weighted by Gasteiger charge is 2.49. The molecule has 0 amide bonds. The average Bonchev–Trinajstić information content (AvgIpc) is 2.33. The van der Waals surface area contributed by atoms with Crippen LogP contribution in [0.25, 0.3) is 0 Å². The highest BCUT2D eigenvalue weighted by atomic mass is 16.1. The Balaban J connectivity index is 2.18. The lowest BCUT2D eigenvalue weighted by Crippen LogP contribution is -2.46. The van der Waals surface area contributed by atoms with Crippen molar-refractivity contribution < 1.29 is 4.79 Å². The Bertz CT molecular complexity index is 221. The van der Waals surface area contributed by atoms with Crippen molar-refractivity contribution in [3.05, 3.63) is 0 Å². The molecule has 0 radical (unpaired) electrons. The summed E-state index contributed by atoms with van der Waals surface area (Å²) in [4.78, 5) is 11.6. The van der Waals surface area contributed by atoms with E-state index in [0.717, 1.165) is 32.4 Å². The topological polar surface area (TPSA) is 55.1 Å². The predicted octanol–water partition coefficient (Wildman–Crippen LogP) is 0.292. The largest absolute Gasteiger partial charge is 0.327 e. The molecule has 3 nitrogen and oxygen atoms in total. The van der Waals surface area contributed by atoms with E-state index in [4.69, 9.17) is 5.73 Å². The van der Waals surface area contributed by atoms with Crippen molar-refractivity contribution in [1.82, 2.24) is 5.32 Å². The van der Waals surface area contributed by atoms with Crippen molar-refractivity contribution in [3.63, 3.8) is 0 Å². The van der Waals surface area contributed by atoms with Gasteiger partial charge in [-0.05, 0) is 31.3 Å². The second-order valence-corrected chi connectivity index (χ2v) is 4.57. The van der Waals surface area contributed by atoms with E-state index in [9.17, 15) is 4.79 Å². The fourth-order valence-corrected chi connectivity index (χ4v) is 2.79. The molecular formula is C10H18N2O. The molecule has 13 heavy (non-hydrogen) atoms. The maximum absolute atomic E-state index is 11.6. The summed E-state index contributed by atoms with van der Waals surface area (Å²) in [6.07, 6.45) is 2.87. The van der Waals surface area contributed by atoms with E-state index in [2.05, 4.69) is 5.32 Å². The van der Waals surface area contributed by atoms with Crippen LogP contribution in [-0.4, -0.2) is 24.9 Å². The van der Waals surface area contributed by atoms with Gasteiger partial charge >= 0.3 is 0 Å². The molecule has 0 aromatic heterocycles. The van der Waals surface area contributed by atoms with Gasteiger partial charge in [-0.3, -0.25) is 4.79 Å². The third-order valence-electron chi connectivity index (χ3n) is 3.88. The van der Waals surface area contributed by atoms with E-state index in [0.29, 0.717) is 5.78 Å². The minimum atomic E-state index is 0.0816. The molecule has 1 heterocycles. The van der Waals surface area contributed by atoms with Crippen molar-refractivity contribution in [2.24, 2.45) is 17.1 Å². The van der Waals surface area contributed by atoms with Crippen molar-refractivity contribution >= 4 is 5.78 Å². The number of nitrogens with one attached hydrogen (secondary N) is 1. The lowest BCUT2D eigenvalue weighted by molar-refractivity contribution is -0.120. The Morgan fingerprint density at radius 1 is 1.46 bits per heavy atom. The third-order valence-corrected chi connectivity index (χ3v) is 3.88. The van der Waals surface area contributed by atoms with Crippen LogP contribution in [-0.2, 0) is 4.79 Å². The zero-order chi connectivity index (χ0) is 9.47. The maximum atomic E-state index is 11.6. The Kier molecular flexibility index (Phi) is 2.16. The van der Waals surface area contributed by atoms with Crippen LogP contribution < -0.4 is 11.1 Å². The Morgan fingerprint density at radius 3 is 2.54 bits per heavy atom. The highest BCUT2D eigenvalue weighted by molar-refractivity contribution is 5.85. The molecule has 74 valence electrons. The average molecular weight is 182 g/mol. The van der Waals surface area contributed by atoms with Gasteiger partial charge in [0.15, 0.2) is 0 Å². The first-order chi connectivity index (χ1) is 6.16. The van der Waals surface area contributed by atoms with Crippen LogP contribution in [0.2, 0.25) is 0 Å². The lowest BCUT2D eigenvalue weighted by Gasteiger charge is -2.37. The lowest BCUT2D eigenvalue weighted by atomic mass is 9.74. The van der Waals surface area contributed by atoms with Crippen LogP contribution in [0.5, 0.6) is 0 Å². The molecule has 0 aromatic carbocycles. The van der Waals surface area contributed by atoms with Gasteiger partial charge in [-0.2, -0.15) is 0 Å². The SMILES string of the molecule is CC1C(=O)CC2(CCNCC2)C1N. The fraction of sp³-hybridized carbons (Fsp3) is 0.900. The standard InChI is InChI=1S/C10H18N2O/c1-7-8(13)6-10(9(7)11)2-4-12-5-3-10/h7,9,12H,2-6,11H2,1H3. The van der Waals surface area contributed by atoms with Crippen molar-refractivity contribution in [3.8, 4) is 0 Å². The summed E-state index contributed by atoms with van der Waals surface area (Å²) in [5.41, 5.74) is 6.27. The molecule has 2 atom stereocenters. The van der Waals surface area contributed by atoms with Gasteiger partial charge < -0.3 is 11.1 Å². The first-order valence-corrected chi connectivity index (χ1v) is 5.15. The molecule has 2 fully saturated rings. The van der Waals surface area contributed by atoms with Gasteiger partial charge in [0.1, 0.15) is 5.78 Å². The molecule has 3 heteroatoms. The number of ketones is 1. The number of rotatable bonds is 0. The van der Waals surface area contributed by atoms with E-state index >= 15 is 0 Å². The van der Waals surface area contributed by atoms with Crippen LogP contribution >= 0.6 is 0 Å². The zero-order valence-corrected chi connectivity index (χ0v) is 8.18. The van der Waals surface area contributed by atoms with Crippen molar-refractivity contribution in [2.75, 3.05) is 13.1 Å². The number of carbonyl (C=O) groups is 1. The number of hydrogen-bond donors (Lipinski definition) is 2. The molecule has 1 aliphatic carbocycles. The number of Topliss-reactive ketones (excluding diaryl/α,β-unsaturated/α-hetero) is 1. The second-order valence-electron chi connectivity index (χ2n) is 4.57. The van der Waals surface area contributed by atoms with Gasteiger partial charge in [0, 0.05) is 18.4 Å². The summed E-state index contributed by atoms with van der Waals surface area (Å²) in [5.74, 6) is 0.451. The predicted molar refractivity (Wildman–Crippen MR) is 51.3 cm³/mol. The van der Waals surface area contributed by atoms with Gasteiger partial charge in [0.05, 0.1) is 0 Å². The summed E-state index contributed by atoms with van der Waals surface area (Å²) in [6, 6.07) is 0.0992. The molecular weight excluding hydrogens is 164 g/mol. The van der Waals surface area contributed by atoms with Crippen LogP contribution in [0.1, 0.15) is 26.2 Å². The highest BCUT2D eigenvalue weighted by Crippen LogP contribution is 2.44. The summed E-state index contributed by atoms with van der Waals surface area (Å²) in [7, 11) is 0. The zero-order valence-electron chi connectivity index (χ0n) is 8.18. The normalized spacial score (nSPS) is 38.5. The van der Waals surface area contributed by atoms with Gasteiger partial charge in [0.2, 0.25) is 0 Å². The summed E-state index contributed by atoms with van der Waals surface area (Å²) in [5, 5.41) is 3.32. The number of nitrogens with two attached hydrogens (primary N) is 1. The molecule has 2 rings (SSSR count). The van der Waals surface area contributed by atoms with E-state index in [1.165, 1.54) is 0 Å². The van der Waals surface area contributed by atoms with Crippen LogP contribution in [0.4, 0.5) is 0 Å². The molecule has 0 bridgehead atoms. The van der Waals surface area contributed by atoms with Gasteiger partial charge in [-0.1, -0.05) is 6.92 Å². The van der Waals surface area contributed by atoms with Gasteiger partial charge in [-0.25, -0.2) is 0 Å². The summed E-state index contributed by atoms with van der Waals surface area (Å²) >= 11 is 0. The number of carbonyl (C=O) groups excluding carboxylic acids is 1. The molecule has 1 saturated heterocycles. The molecule has 2 unspecified atom stereocenters. The molecule has 1 saturated carbocycles. The number of piperidine rings is 1. The molecule has 1 spiro atoms. The van der Waals surface area contributed by atoms with Crippen LogP contribution in [0.3, 0.4) is 0 Å². The van der Waals surface area contributed by atoms with Crippen LogP contribution in [0, 0.1) is 11.3 Å². The Labute approximate surface area is 79.1 Å². The minimum absolute atomic E-state index is 0.0816. The van der Waals surface area contributed by atoms with Gasteiger partial charge in [-0.15, -0.1) is 0 Å². The summed E-state index contributed by atoms with van der Waals surface area (Å²) in [6.45, 7) is 4.02. The quantitative estimate of drug-likeness (QED) is 0.566. The Hall–Kier alpha value is -0.410. The molecule has 1 aliphatic heterocycles. The van der Waals surface area contributed by atoms with Gasteiger partial charge in [0.25, 0.3) is 0 Å². The molecule has 0 aromatic rings. The molecule has 3 N–H and O–H groups in total. The third kappa shape index (κ3) is 1.30. The van der Waals surface area contributed by atoms with Crippen molar-refractivity contribution in [2.45, 2.75) is 32.2 Å². The first-order valence-electron chi connectivity index (χ1n) is 5.15. The fourth-order valence-electron chi connectivity index (χ4n) is 2.79. The van der Waals surface area contributed by atoms with Crippen molar-refractivity contribution in [1.29, 1.82) is 0 Å². The second kappa shape index (κ2) is 3.07. The van der Waals surface area contributed by atoms with E-state index in [1.807, 2.05) is 6.92 Å². The Morgan fingerprint density at radius 2 is 2.08 bits per heavy atom. The van der Waals surface area contributed by atoms with E-state index in [1.54, 1.807) is 0 Å². The summed E-state index contributed by atoms with van der Waals surface area (Å²) < 4.78 is 0. The van der Waals surface area contributed by atoms with E-state index in [-0.39, 0.29) is 17.4 Å².